The van der Waals surface area contributed by atoms with Crippen LogP contribution in [0.4, 0.5) is 0 Å². The molecule has 0 radical (unpaired) electrons. The zero-order valence-corrected chi connectivity index (χ0v) is 14.9. The van der Waals surface area contributed by atoms with Crippen LogP contribution in [0.1, 0.15) is 51.9 Å². The van der Waals surface area contributed by atoms with E-state index >= 15 is 0 Å². The second kappa shape index (κ2) is 8.34. The van der Waals surface area contributed by atoms with E-state index < -0.39 is 0 Å². The summed E-state index contributed by atoms with van der Waals surface area (Å²) >= 11 is 0. The van der Waals surface area contributed by atoms with Gasteiger partial charge >= 0.3 is 0 Å². The number of hydrogen-bond acceptors (Lipinski definition) is 3. The quantitative estimate of drug-likeness (QED) is 0.446. The van der Waals surface area contributed by atoms with Crippen LogP contribution >= 0.6 is 0 Å². The normalized spacial score (nSPS) is 32.4. The van der Waals surface area contributed by atoms with E-state index in [1.165, 1.54) is 58.2 Å². The number of likely N-dealkylation sites (tertiary alicyclic amines) is 1. The molecule has 23 heavy (non-hydrogen) atoms. The summed E-state index contributed by atoms with van der Waals surface area (Å²) in [7, 11) is 1.86. The Morgan fingerprint density at radius 2 is 2.00 bits per heavy atom. The summed E-state index contributed by atoms with van der Waals surface area (Å²) in [6.07, 6.45) is 9.70. The Kier molecular flexibility index (Phi) is 6.17. The molecule has 3 saturated heterocycles. The Labute approximate surface area is 141 Å². The summed E-state index contributed by atoms with van der Waals surface area (Å²) < 4.78 is 5.90. The highest BCUT2D eigenvalue weighted by molar-refractivity contribution is 5.80. The molecule has 5 heteroatoms. The lowest BCUT2D eigenvalue weighted by Crippen LogP contribution is -2.47. The maximum atomic E-state index is 5.90. The summed E-state index contributed by atoms with van der Waals surface area (Å²) in [4.78, 5) is 6.98. The molecule has 3 heterocycles. The molecule has 3 fully saturated rings. The SMILES string of the molecule is CN=C(NCCCCN1CCC(C)CC1)NC1CC2CCC1O2. The van der Waals surface area contributed by atoms with Gasteiger partial charge in [0, 0.05) is 13.6 Å². The van der Waals surface area contributed by atoms with E-state index in [-0.39, 0.29) is 0 Å². The topological polar surface area (TPSA) is 48.9 Å². The molecule has 0 amide bonds. The number of fused-ring (bicyclic) bond motifs is 2. The minimum absolute atomic E-state index is 0.403. The van der Waals surface area contributed by atoms with E-state index in [9.17, 15) is 0 Å². The fourth-order valence-electron chi connectivity index (χ4n) is 4.11. The highest BCUT2D eigenvalue weighted by atomic mass is 16.5. The second-order valence-corrected chi connectivity index (χ2v) is 7.59. The average molecular weight is 322 g/mol. The first-order valence-electron chi connectivity index (χ1n) is 9.59. The minimum atomic E-state index is 0.403. The largest absolute Gasteiger partial charge is 0.373 e. The van der Waals surface area contributed by atoms with Crippen molar-refractivity contribution in [1.29, 1.82) is 0 Å². The van der Waals surface area contributed by atoms with Crippen LogP contribution in [0.5, 0.6) is 0 Å². The van der Waals surface area contributed by atoms with Gasteiger partial charge in [-0.3, -0.25) is 4.99 Å². The van der Waals surface area contributed by atoms with Crippen LogP contribution in [0.25, 0.3) is 0 Å². The Morgan fingerprint density at radius 1 is 1.17 bits per heavy atom. The highest BCUT2D eigenvalue weighted by Gasteiger charge is 2.41. The molecule has 3 atom stereocenters. The third kappa shape index (κ3) is 4.83. The van der Waals surface area contributed by atoms with Crippen molar-refractivity contribution in [2.45, 2.75) is 70.1 Å². The molecule has 0 aromatic rings. The Morgan fingerprint density at radius 3 is 2.65 bits per heavy atom. The summed E-state index contributed by atoms with van der Waals surface area (Å²) in [6, 6.07) is 0.454. The first-order valence-corrected chi connectivity index (χ1v) is 9.59. The van der Waals surface area contributed by atoms with Crippen molar-refractivity contribution < 1.29 is 4.74 Å². The highest BCUT2D eigenvalue weighted by Crippen LogP contribution is 2.34. The van der Waals surface area contributed by atoms with Crippen molar-refractivity contribution >= 4 is 5.96 Å². The summed E-state index contributed by atoms with van der Waals surface area (Å²) in [5.74, 6) is 1.87. The number of hydrogen-bond donors (Lipinski definition) is 2. The molecule has 2 N–H and O–H groups in total. The van der Waals surface area contributed by atoms with Gasteiger partial charge in [0.25, 0.3) is 0 Å². The van der Waals surface area contributed by atoms with Gasteiger partial charge in [-0.05, 0) is 70.5 Å². The van der Waals surface area contributed by atoms with Gasteiger partial charge in [0.15, 0.2) is 5.96 Å². The number of aliphatic imine (C=N–C) groups is 1. The monoisotopic (exact) mass is 322 g/mol. The predicted octanol–water partition coefficient (Wildman–Crippen LogP) is 1.98. The Bertz CT molecular complexity index is 392. The molecule has 0 aromatic carbocycles. The van der Waals surface area contributed by atoms with Gasteiger partial charge in [-0.25, -0.2) is 0 Å². The lowest BCUT2D eigenvalue weighted by atomic mass is 9.96. The smallest absolute Gasteiger partial charge is 0.191 e. The third-order valence-electron chi connectivity index (χ3n) is 5.72. The lowest BCUT2D eigenvalue weighted by Gasteiger charge is -2.30. The minimum Gasteiger partial charge on any atom is -0.373 e. The molecule has 3 aliphatic rings. The molecule has 0 spiro atoms. The van der Waals surface area contributed by atoms with Gasteiger partial charge in [-0.1, -0.05) is 6.92 Å². The fraction of sp³-hybridized carbons (Fsp3) is 0.944. The molecule has 0 aliphatic carbocycles. The van der Waals surface area contributed by atoms with Crippen LogP contribution in [0.15, 0.2) is 4.99 Å². The molecule has 3 unspecified atom stereocenters. The van der Waals surface area contributed by atoms with Crippen molar-refractivity contribution in [3.63, 3.8) is 0 Å². The van der Waals surface area contributed by atoms with E-state index in [0.29, 0.717) is 18.2 Å². The van der Waals surface area contributed by atoms with Gasteiger partial charge in [0.1, 0.15) is 0 Å². The maximum Gasteiger partial charge on any atom is 0.191 e. The number of nitrogens with zero attached hydrogens (tertiary/aromatic N) is 2. The third-order valence-corrected chi connectivity index (χ3v) is 5.72. The van der Waals surface area contributed by atoms with Gasteiger partial charge in [-0.15, -0.1) is 0 Å². The van der Waals surface area contributed by atoms with Crippen LogP contribution in [-0.2, 0) is 4.74 Å². The van der Waals surface area contributed by atoms with Crippen LogP contribution < -0.4 is 10.6 Å². The van der Waals surface area contributed by atoms with E-state index in [1.807, 2.05) is 7.05 Å². The van der Waals surface area contributed by atoms with E-state index in [2.05, 4.69) is 27.4 Å². The van der Waals surface area contributed by atoms with Gasteiger partial charge in [0.05, 0.1) is 18.2 Å². The number of rotatable bonds is 6. The number of unbranched alkanes of at least 4 members (excludes halogenated alkanes) is 1. The van der Waals surface area contributed by atoms with Crippen LogP contribution in [-0.4, -0.2) is 62.3 Å². The molecule has 5 nitrogen and oxygen atoms in total. The van der Waals surface area contributed by atoms with Crippen molar-refractivity contribution in [3.05, 3.63) is 0 Å². The van der Waals surface area contributed by atoms with E-state index in [1.54, 1.807) is 0 Å². The van der Waals surface area contributed by atoms with Crippen molar-refractivity contribution in [2.24, 2.45) is 10.9 Å². The molecule has 132 valence electrons. The van der Waals surface area contributed by atoms with Gasteiger partial charge < -0.3 is 20.3 Å². The molecule has 3 rings (SSSR count). The van der Waals surface area contributed by atoms with Crippen LogP contribution in [0, 0.1) is 5.92 Å². The predicted molar refractivity (Wildman–Crippen MR) is 94.9 cm³/mol. The number of ether oxygens (including phenoxy) is 1. The molecule has 0 saturated carbocycles. The summed E-state index contributed by atoms with van der Waals surface area (Å²) in [5.41, 5.74) is 0. The average Bonchev–Trinajstić information content (AvgIpc) is 3.18. The van der Waals surface area contributed by atoms with Gasteiger partial charge in [-0.2, -0.15) is 0 Å². The molecule has 2 bridgehead atoms. The van der Waals surface area contributed by atoms with Crippen molar-refractivity contribution in [2.75, 3.05) is 33.2 Å². The molecular weight excluding hydrogens is 288 g/mol. The maximum absolute atomic E-state index is 5.90. The Hall–Kier alpha value is -0.810. The van der Waals surface area contributed by atoms with Crippen LogP contribution in [0.2, 0.25) is 0 Å². The molecule has 3 aliphatic heterocycles. The molecular formula is C18H34N4O. The fourth-order valence-corrected chi connectivity index (χ4v) is 4.11. The number of nitrogens with one attached hydrogen (secondary N) is 2. The summed E-state index contributed by atoms with van der Waals surface area (Å²) in [6.45, 7) is 7.22. The zero-order chi connectivity index (χ0) is 16.1. The van der Waals surface area contributed by atoms with Gasteiger partial charge in [0.2, 0.25) is 0 Å². The Balaban J connectivity index is 1.26. The number of piperidine rings is 1. The first kappa shape index (κ1) is 17.0. The van der Waals surface area contributed by atoms with E-state index in [0.717, 1.165) is 24.8 Å². The molecule has 0 aromatic heterocycles. The summed E-state index contributed by atoms with van der Waals surface area (Å²) in [5, 5.41) is 7.01. The number of guanidine groups is 1. The lowest BCUT2D eigenvalue weighted by molar-refractivity contribution is 0.0992. The zero-order valence-electron chi connectivity index (χ0n) is 14.9. The van der Waals surface area contributed by atoms with Crippen molar-refractivity contribution in [1.82, 2.24) is 15.5 Å². The first-order chi connectivity index (χ1) is 11.2. The second-order valence-electron chi connectivity index (χ2n) is 7.59. The van der Waals surface area contributed by atoms with E-state index in [4.69, 9.17) is 4.74 Å². The standard InChI is InChI=1S/C18H34N4O/c1-14-7-11-22(12-8-14)10-4-3-9-20-18(19-2)21-16-13-15-5-6-17(16)23-15/h14-17H,3-13H2,1-2H3,(H2,19,20,21). The van der Waals surface area contributed by atoms with Crippen molar-refractivity contribution in [3.8, 4) is 0 Å². The van der Waals surface area contributed by atoms with Crippen LogP contribution in [0.3, 0.4) is 0 Å².